The lowest BCUT2D eigenvalue weighted by atomic mass is 10.1. The van der Waals surface area contributed by atoms with Gasteiger partial charge in [0, 0.05) is 43.2 Å². The van der Waals surface area contributed by atoms with Crippen LogP contribution in [0.3, 0.4) is 0 Å². The molecule has 2 rings (SSSR count). The van der Waals surface area contributed by atoms with Gasteiger partial charge < -0.3 is 11.1 Å². The predicted octanol–water partition coefficient (Wildman–Crippen LogP) is 3.93. The van der Waals surface area contributed by atoms with E-state index in [9.17, 15) is 4.79 Å². The maximum atomic E-state index is 12.0. The Labute approximate surface area is 168 Å². The summed E-state index contributed by atoms with van der Waals surface area (Å²) in [4.78, 5) is 14.5. The molecule has 3 N–H and O–H groups in total. The molecule has 1 fully saturated rings. The first kappa shape index (κ1) is 24.5. The molecule has 0 aromatic heterocycles. The molecule has 4 nitrogen and oxygen atoms in total. The molecule has 0 spiro atoms. The monoisotopic (exact) mass is 407 g/mol. The average molecular weight is 408 g/mol. The number of carbonyl (C=O) groups is 1. The highest BCUT2D eigenvalue weighted by molar-refractivity contribution is 7.99. The van der Waals surface area contributed by atoms with Crippen molar-refractivity contribution in [1.29, 1.82) is 0 Å². The maximum Gasteiger partial charge on any atom is 0.224 e. The fourth-order valence-corrected chi connectivity index (χ4v) is 3.75. The number of hydrogen-bond donors (Lipinski definition) is 2. The molecule has 1 saturated heterocycles. The summed E-state index contributed by atoms with van der Waals surface area (Å²) in [6, 6.07) is 8.26. The van der Waals surface area contributed by atoms with Crippen molar-refractivity contribution in [1.82, 2.24) is 4.90 Å². The van der Waals surface area contributed by atoms with Gasteiger partial charge in [0.05, 0.1) is 0 Å². The van der Waals surface area contributed by atoms with Gasteiger partial charge in [0.15, 0.2) is 0 Å². The fourth-order valence-electron chi connectivity index (χ4n) is 2.77. The van der Waals surface area contributed by atoms with Crippen molar-refractivity contribution in [2.75, 3.05) is 36.5 Å². The van der Waals surface area contributed by atoms with E-state index >= 15 is 0 Å². The highest BCUT2D eigenvalue weighted by atomic mass is 35.5. The molecule has 0 radical (unpaired) electrons. The topological polar surface area (TPSA) is 58.4 Å². The molecule has 0 aliphatic carbocycles. The number of rotatable bonds is 9. The smallest absolute Gasteiger partial charge is 0.224 e. The molecule has 1 heterocycles. The lowest BCUT2D eigenvalue weighted by molar-refractivity contribution is -0.116. The van der Waals surface area contributed by atoms with Gasteiger partial charge in [0.1, 0.15) is 0 Å². The first-order chi connectivity index (χ1) is 11.3. The lowest BCUT2D eigenvalue weighted by Gasteiger charge is -2.26. The molecule has 0 saturated carbocycles. The first-order valence-corrected chi connectivity index (χ1v) is 9.82. The van der Waals surface area contributed by atoms with Crippen molar-refractivity contribution in [3.8, 4) is 0 Å². The van der Waals surface area contributed by atoms with E-state index in [0.717, 1.165) is 57.5 Å². The molecule has 1 aliphatic rings. The minimum absolute atomic E-state index is 0. The van der Waals surface area contributed by atoms with Crippen LogP contribution in [-0.2, 0) is 11.3 Å². The lowest BCUT2D eigenvalue weighted by Crippen LogP contribution is -2.31. The van der Waals surface area contributed by atoms with Gasteiger partial charge in [0.2, 0.25) is 5.91 Å². The van der Waals surface area contributed by atoms with Crippen LogP contribution < -0.4 is 11.1 Å². The number of amides is 1. The second kappa shape index (κ2) is 14.7. The van der Waals surface area contributed by atoms with Crippen LogP contribution in [0.1, 0.15) is 37.7 Å². The largest absolute Gasteiger partial charge is 0.330 e. The molecule has 0 atom stereocenters. The Balaban J connectivity index is 0.00000288. The van der Waals surface area contributed by atoms with Gasteiger partial charge in [-0.2, -0.15) is 11.8 Å². The molecule has 144 valence electrons. The van der Waals surface area contributed by atoms with Gasteiger partial charge in [-0.05, 0) is 37.1 Å². The van der Waals surface area contributed by atoms with Gasteiger partial charge >= 0.3 is 0 Å². The second-order valence-corrected chi connectivity index (χ2v) is 7.31. The maximum absolute atomic E-state index is 12.0. The Morgan fingerprint density at radius 3 is 2.56 bits per heavy atom. The Kier molecular flexibility index (Phi) is 14.4. The standard InChI is InChI=1S/C18H29N3OS.2ClH/c19-9-4-2-1-3-8-18(22)20-17-7-5-6-16(14-17)15-21-10-12-23-13-11-21;;/h5-7,14H,1-4,8-13,15,19H2,(H,20,22);2*1H. The summed E-state index contributed by atoms with van der Waals surface area (Å²) in [5.74, 6) is 2.56. The summed E-state index contributed by atoms with van der Waals surface area (Å²) in [5.41, 5.74) is 7.66. The Hall–Kier alpha value is -0.460. The zero-order valence-corrected chi connectivity index (χ0v) is 17.2. The summed E-state index contributed by atoms with van der Waals surface area (Å²) in [6.45, 7) is 4.03. The van der Waals surface area contributed by atoms with E-state index in [-0.39, 0.29) is 30.7 Å². The third-order valence-corrected chi connectivity index (χ3v) is 5.02. The van der Waals surface area contributed by atoms with Crippen LogP contribution in [-0.4, -0.2) is 41.9 Å². The van der Waals surface area contributed by atoms with Gasteiger partial charge in [-0.15, -0.1) is 24.8 Å². The number of nitrogens with one attached hydrogen (secondary N) is 1. The van der Waals surface area contributed by atoms with Gasteiger partial charge in [0.25, 0.3) is 0 Å². The summed E-state index contributed by atoms with van der Waals surface area (Å²) >= 11 is 2.03. The summed E-state index contributed by atoms with van der Waals surface area (Å²) in [7, 11) is 0. The van der Waals surface area contributed by atoms with Crippen molar-refractivity contribution in [3.63, 3.8) is 0 Å². The Morgan fingerprint density at radius 2 is 1.84 bits per heavy atom. The van der Waals surface area contributed by atoms with Crippen molar-refractivity contribution in [3.05, 3.63) is 29.8 Å². The van der Waals surface area contributed by atoms with Crippen LogP contribution in [0.25, 0.3) is 0 Å². The summed E-state index contributed by atoms with van der Waals surface area (Å²) in [6.07, 6.45) is 4.79. The van der Waals surface area contributed by atoms with E-state index in [4.69, 9.17) is 5.73 Å². The Bertz CT molecular complexity index is 485. The molecule has 1 aliphatic heterocycles. The van der Waals surface area contributed by atoms with Crippen LogP contribution in [0.4, 0.5) is 5.69 Å². The molecule has 25 heavy (non-hydrogen) atoms. The van der Waals surface area contributed by atoms with E-state index in [1.807, 2.05) is 23.9 Å². The number of thioether (sulfide) groups is 1. The van der Waals surface area contributed by atoms with E-state index in [1.165, 1.54) is 17.1 Å². The third kappa shape index (κ3) is 10.3. The van der Waals surface area contributed by atoms with Gasteiger partial charge in [-0.1, -0.05) is 25.0 Å². The van der Waals surface area contributed by atoms with Crippen molar-refractivity contribution < 1.29 is 4.79 Å². The summed E-state index contributed by atoms with van der Waals surface area (Å²) in [5, 5.41) is 3.02. The number of nitrogens with zero attached hydrogens (tertiary/aromatic N) is 1. The van der Waals surface area contributed by atoms with Crippen LogP contribution >= 0.6 is 36.6 Å². The predicted molar refractivity (Wildman–Crippen MR) is 114 cm³/mol. The molecule has 0 bridgehead atoms. The number of hydrogen-bond acceptors (Lipinski definition) is 4. The van der Waals surface area contributed by atoms with Crippen LogP contribution in [0.2, 0.25) is 0 Å². The number of unbranched alkanes of at least 4 members (excludes halogenated alkanes) is 3. The van der Waals surface area contributed by atoms with Crippen LogP contribution in [0, 0.1) is 0 Å². The van der Waals surface area contributed by atoms with E-state index in [2.05, 4.69) is 22.3 Å². The highest BCUT2D eigenvalue weighted by Crippen LogP contribution is 2.16. The van der Waals surface area contributed by atoms with Crippen LogP contribution in [0.15, 0.2) is 24.3 Å². The number of halogens is 2. The van der Waals surface area contributed by atoms with Gasteiger partial charge in [-0.25, -0.2) is 0 Å². The van der Waals surface area contributed by atoms with E-state index in [0.29, 0.717) is 6.42 Å². The SMILES string of the molecule is Cl.Cl.NCCCCCCC(=O)Nc1cccc(CN2CCSCC2)c1. The van der Waals surface area contributed by atoms with E-state index < -0.39 is 0 Å². The fraction of sp³-hybridized carbons (Fsp3) is 0.611. The number of anilines is 1. The molecule has 7 heteroatoms. The first-order valence-electron chi connectivity index (χ1n) is 8.67. The third-order valence-electron chi connectivity index (χ3n) is 4.08. The van der Waals surface area contributed by atoms with E-state index in [1.54, 1.807) is 0 Å². The molecular weight excluding hydrogens is 377 g/mol. The summed E-state index contributed by atoms with van der Waals surface area (Å²) < 4.78 is 0. The minimum atomic E-state index is 0. The zero-order chi connectivity index (χ0) is 16.3. The quantitative estimate of drug-likeness (QED) is 0.608. The molecule has 1 aromatic rings. The van der Waals surface area contributed by atoms with Crippen molar-refractivity contribution in [2.24, 2.45) is 5.73 Å². The molecular formula is C18H31Cl2N3OS. The molecule has 1 aromatic carbocycles. The number of carbonyl (C=O) groups excluding carboxylic acids is 1. The molecule has 1 amide bonds. The second-order valence-electron chi connectivity index (χ2n) is 6.09. The van der Waals surface area contributed by atoms with Crippen molar-refractivity contribution in [2.45, 2.75) is 38.6 Å². The van der Waals surface area contributed by atoms with Gasteiger partial charge in [-0.3, -0.25) is 9.69 Å². The van der Waals surface area contributed by atoms with Crippen molar-refractivity contribution >= 4 is 48.2 Å². The normalized spacial score (nSPS) is 14.3. The minimum Gasteiger partial charge on any atom is -0.330 e. The highest BCUT2D eigenvalue weighted by Gasteiger charge is 2.11. The zero-order valence-electron chi connectivity index (χ0n) is 14.7. The average Bonchev–Trinajstić information content (AvgIpc) is 2.56. The number of nitrogens with two attached hydrogens (primary N) is 1. The number of benzene rings is 1. The van der Waals surface area contributed by atoms with Crippen LogP contribution in [0.5, 0.6) is 0 Å². The Morgan fingerprint density at radius 1 is 1.12 bits per heavy atom. The molecule has 0 unspecified atom stereocenters.